The molecular formula is C27H58N2S2. The molecule has 31 heavy (non-hydrogen) atoms. The van der Waals surface area contributed by atoms with E-state index in [0.717, 1.165) is 13.1 Å². The van der Waals surface area contributed by atoms with Gasteiger partial charge >= 0.3 is 0 Å². The Morgan fingerprint density at radius 1 is 0.581 bits per heavy atom. The fourth-order valence-corrected chi connectivity index (χ4v) is 4.13. The summed E-state index contributed by atoms with van der Waals surface area (Å²) in [6.07, 6.45) is 26.3. The molecule has 0 aromatic rings. The maximum absolute atomic E-state index is 5.11. The summed E-state index contributed by atoms with van der Waals surface area (Å²) in [6.45, 7) is 10.2. The molecule has 0 aliphatic rings. The van der Waals surface area contributed by atoms with Gasteiger partial charge in [0.25, 0.3) is 0 Å². The highest BCUT2D eigenvalue weighted by Gasteiger charge is 2.00. The highest BCUT2D eigenvalue weighted by Crippen LogP contribution is 2.11. The molecule has 188 valence electrons. The van der Waals surface area contributed by atoms with Crippen LogP contribution in [0.25, 0.3) is 0 Å². The second-order valence-electron chi connectivity index (χ2n) is 9.11. The van der Waals surface area contributed by atoms with Crippen LogP contribution in [0.15, 0.2) is 0 Å². The SMILES string of the molecule is CCCCCCCCCCCCC[NH2+]C.CCCCCCN(CCCCCC)C(=S)[S-]. The smallest absolute Gasteiger partial charge is 0.0753 e. The van der Waals surface area contributed by atoms with Crippen molar-refractivity contribution in [1.29, 1.82) is 0 Å². The molecule has 2 nitrogen and oxygen atoms in total. The molecule has 0 aromatic heterocycles. The van der Waals surface area contributed by atoms with E-state index in [4.69, 9.17) is 24.8 Å². The third-order valence-electron chi connectivity index (χ3n) is 5.92. The first-order valence-corrected chi connectivity index (χ1v) is 14.7. The average molecular weight is 475 g/mol. The van der Waals surface area contributed by atoms with Gasteiger partial charge < -0.3 is 35.1 Å². The molecule has 0 unspecified atom stereocenters. The van der Waals surface area contributed by atoms with E-state index in [2.05, 4.69) is 38.0 Å². The van der Waals surface area contributed by atoms with E-state index in [0.29, 0.717) is 4.32 Å². The number of unbranched alkanes of at least 4 members (excludes halogenated alkanes) is 16. The zero-order valence-electron chi connectivity index (χ0n) is 21.9. The molecule has 4 heteroatoms. The largest absolute Gasteiger partial charge is 0.411 e. The van der Waals surface area contributed by atoms with Crippen LogP contribution in [0.1, 0.15) is 143 Å². The predicted octanol–water partition coefficient (Wildman–Crippen LogP) is 7.77. The van der Waals surface area contributed by atoms with E-state index in [-0.39, 0.29) is 0 Å². The topological polar surface area (TPSA) is 19.9 Å². The van der Waals surface area contributed by atoms with E-state index in [1.54, 1.807) is 0 Å². The van der Waals surface area contributed by atoms with Crippen molar-refractivity contribution in [2.45, 2.75) is 143 Å². The van der Waals surface area contributed by atoms with Crippen LogP contribution in [0.4, 0.5) is 0 Å². The standard InChI is InChI=1S/C14H31N.C13H27NS2/c1-3-4-5-6-7-8-9-10-11-12-13-14-15-2;1-3-5-7-9-11-14(13(15)16)12-10-8-6-4-2/h15H,3-14H2,1-2H3;3-12H2,1-2H3,(H,15,16). The third-order valence-corrected chi connectivity index (χ3v) is 6.43. The van der Waals surface area contributed by atoms with Crippen molar-refractivity contribution in [3.8, 4) is 0 Å². The van der Waals surface area contributed by atoms with Gasteiger partial charge in [0.05, 0.1) is 13.6 Å². The van der Waals surface area contributed by atoms with Crippen molar-refractivity contribution in [2.75, 3.05) is 26.7 Å². The van der Waals surface area contributed by atoms with Crippen LogP contribution in [-0.2, 0) is 12.6 Å². The first-order chi connectivity index (χ1) is 15.1. The summed E-state index contributed by atoms with van der Waals surface area (Å²) in [4.78, 5) is 2.20. The zero-order chi connectivity index (χ0) is 23.4. The molecule has 0 aliphatic heterocycles. The lowest BCUT2D eigenvalue weighted by Crippen LogP contribution is -2.79. The molecule has 0 aliphatic carbocycles. The molecular weight excluding hydrogens is 416 g/mol. The van der Waals surface area contributed by atoms with Gasteiger partial charge in [0.2, 0.25) is 0 Å². The summed E-state index contributed by atoms with van der Waals surface area (Å²) in [5.74, 6) is 0. The van der Waals surface area contributed by atoms with Crippen molar-refractivity contribution in [1.82, 2.24) is 4.90 Å². The Balaban J connectivity index is 0. The summed E-state index contributed by atoms with van der Waals surface area (Å²) in [7, 11) is 2.16. The maximum Gasteiger partial charge on any atom is 0.0753 e. The van der Waals surface area contributed by atoms with Gasteiger partial charge in [0, 0.05) is 13.1 Å². The molecule has 0 saturated carbocycles. The Morgan fingerprint density at radius 2 is 0.903 bits per heavy atom. The molecule has 0 aromatic carbocycles. The highest BCUT2D eigenvalue weighted by molar-refractivity contribution is 8.00. The molecule has 0 rings (SSSR count). The number of quaternary nitrogens is 1. The lowest BCUT2D eigenvalue weighted by Gasteiger charge is -2.28. The predicted molar refractivity (Wildman–Crippen MR) is 149 cm³/mol. The Hall–Kier alpha value is 0.0700. The monoisotopic (exact) mass is 474 g/mol. The van der Waals surface area contributed by atoms with Gasteiger partial charge in [0.1, 0.15) is 0 Å². The Kier molecular flexibility index (Phi) is 32.2. The third kappa shape index (κ3) is 30.1. The van der Waals surface area contributed by atoms with Crippen molar-refractivity contribution < 1.29 is 5.32 Å². The van der Waals surface area contributed by atoms with Crippen molar-refractivity contribution in [2.24, 2.45) is 0 Å². The first kappa shape index (κ1) is 33.2. The van der Waals surface area contributed by atoms with E-state index in [1.807, 2.05) is 0 Å². The minimum Gasteiger partial charge on any atom is -0.411 e. The van der Waals surface area contributed by atoms with E-state index >= 15 is 0 Å². The lowest BCUT2D eigenvalue weighted by molar-refractivity contribution is -0.627. The van der Waals surface area contributed by atoms with Gasteiger partial charge in [-0.3, -0.25) is 0 Å². The van der Waals surface area contributed by atoms with Gasteiger partial charge in [0.15, 0.2) is 0 Å². The van der Waals surface area contributed by atoms with Crippen molar-refractivity contribution >= 4 is 29.2 Å². The molecule has 0 atom stereocenters. The normalized spacial score (nSPS) is 10.6. The Morgan fingerprint density at radius 3 is 1.23 bits per heavy atom. The molecule has 0 spiro atoms. The molecule has 0 radical (unpaired) electrons. The number of rotatable bonds is 22. The summed E-state index contributed by atoms with van der Waals surface area (Å²) in [6, 6.07) is 0. The number of hydrogen-bond donors (Lipinski definition) is 1. The van der Waals surface area contributed by atoms with Crippen LogP contribution in [0.3, 0.4) is 0 Å². The minimum atomic E-state index is 0.660. The number of nitrogens with zero attached hydrogens (tertiary/aromatic N) is 1. The van der Waals surface area contributed by atoms with Crippen LogP contribution in [0.2, 0.25) is 0 Å². The second-order valence-corrected chi connectivity index (χ2v) is 10.1. The molecule has 2 N–H and O–H groups in total. The number of hydrogen-bond acceptors (Lipinski definition) is 2. The summed E-state index contributed by atoms with van der Waals surface area (Å²) in [5, 5.41) is 2.29. The van der Waals surface area contributed by atoms with Crippen molar-refractivity contribution in [3.63, 3.8) is 0 Å². The van der Waals surface area contributed by atoms with Crippen molar-refractivity contribution in [3.05, 3.63) is 0 Å². The van der Waals surface area contributed by atoms with Crippen LogP contribution in [0.5, 0.6) is 0 Å². The average Bonchev–Trinajstić information content (AvgIpc) is 2.76. The Labute approximate surface area is 208 Å². The molecule has 0 heterocycles. The lowest BCUT2D eigenvalue weighted by atomic mass is 10.1. The summed E-state index contributed by atoms with van der Waals surface area (Å²) >= 11 is 10.2. The first-order valence-electron chi connectivity index (χ1n) is 13.9. The van der Waals surface area contributed by atoms with Crippen LogP contribution >= 0.6 is 12.2 Å². The van der Waals surface area contributed by atoms with Gasteiger partial charge in [-0.2, -0.15) is 0 Å². The van der Waals surface area contributed by atoms with Crippen LogP contribution < -0.4 is 5.32 Å². The summed E-state index contributed by atoms with van der Waals surface area (Å²) < 4.78 is 0.660. The maximum atomic E-state index is 5.11. The van der Waals surface area contributed by atoms with Gasteiger partial charge in [-0.25, -0.2) is 0 Å². The molecule has 0 fully saturated rings. The number of thiocarbonyl (C=S) groups is 1. The van der Waals surface area contributed by atoms with E-state index in [9.17, 15) is 0 Å². The highest BCUT2D eigenvalue weighted by atomic mass is 32.1. The quantitative estimate of drug-likeness (QED) is 0.0982. The van der Waals surface area contributed by atoms with Gasteiger partial charge in [-0.1, -0.05) is 121 Å². The number of nitrogens with two attached hydrogens (primary N) is 1. The van der Waals surface area contributed by atoms with Crippen LogP contribution in [-0.4, -0.2) is 35.9 Å². The Bertz CT molecular complexity index is 313. The fraction of sp³-hybridized carbons (Fsp3) is 0.963. The second kappa shape index (κ2) is 30.1. The fourth-order valence-electron chi connectivity index (χ4n) is 3.77. The minimum absolute atomic E-state index is 0.660. The van der Waals surface area contributed by atoms with E-state index < -0.39 is 0 Å². The van der Waals surface area contributed by atoms with Gasteiger partial charge in [-0.15, -0.1) is 0 Å². The van der Waals surface area contributed by atoms with Crippen LogP contribution in [0, 0.1) is 0 Å². The zero-order valence-corrected chi connectivity index (χ0v) is 23.5. The summed E-state index contributed by atoms with van der Waals surface area (Å²) in [5.41, 5.74) is 0. The van der Waals surface area contributed by atoms with Gasteiger partial charge in [-0.05, 0) is 25.7 Å². The molecule has 0 amide bonds. The van der Waals surface area contributed by atoms with E-state index in [1.165, 1.54) is 129 Å². The molecule has 0 saturated heterocycles. The molecule has 0 bridgehead atoms.